The number of rotatable bonds is 3. The summed E-state index contributed by atoms with van der Waals surface area (Å²) in [4.78, 5) is 2.59. The Morgan fingerprint density at radius 1 is 1.40 bits per heavy atom. The fraction of sp³-hybridized carbons (Fsp3) is 0.529. The molecule has 2 bridgehead atoms. The van der Waals surface area contributed by atoms with Gasteiger partial charge in [0.05, 0.1) is 0 Å². The lowest BCUT2D eigenvalue weighted by Crippen LogP contribution is -2.33. The fourth-order valence-corrected chi connectivity index (χ4v) is 4.09. The van der Waals surface area contributed by atoms with Gasteiger partial charge in [-0.05, 0) is 61.8 Å². The van der Waals surface area contributed by atoms with Gasteiger partial charge in [0.2, 0.25) is 0 Å². The van der Waals surface area contributed by atoms with Crippen molar-refractivity contribution in [1.82, 2.24) is 4.90 Å². The molecule has 0 spiro atoms. The number of halogens is 1. The maximum Gasteiger partial charge on any atom is 0.115 e. The second-order valence-electron chi connectivity index (χ2n) is 6.11. The molecule has 20 heavy (non-hydrogen) atoms. The summed E-state index contributed by atoms with van der Waals surface area (Å²) in [6, 6.07) is 8.63. The Bertz CT molecular complexity index is 476. The highest BCUT2D eigenvalue weighted by atomic mass is 79.9. The first kappa shape index (κ1) is 15.6. The van der Waals surface area contributed by atoms with Crippen molar-refractivity contribution in [3.63, 3.8) is 0 Å². The van der Waals surface area contributed by atoms with E-state index < -0.39 is 0 Å². The first-order valence-corrected chi connectivity index (χ1v) is 7.38. The molecule has 3 rings (SSSR count). The number of aromatic hydroxyl groups is 1. The van der Waals surface area contributed by atoms with E-state index >= 15 is 0 Å². The predicted molar refractivity (Wildman–Crippen MR) is 88.7 cm³/mol. The van der Waals surface area contributed by atoms with Gasteiger partial charge in [0, 0.05) is 12.6 Å². The van der Waals surface area contributed by atoms with Crippen molar-refractivity contribution in [3.05, 3.63) is 42.5 Å². The Kier molecular flexibility index (Phi) is 4.92. The van der Waals surface area contributed by atoms with Gasteiger partial charge >= 0.3 is 0 Å². The summed E-state index contributed by atoms with van der Waals surface area (Å²) < 4.78 is 0. The van der Waals surface area contributed by atoms with Crippen molar-refractivity contribution < 1.29 is 5.11 Å². The lowest BCUT2D eigenvalue weighted by Gasteiger charge is -2.29. The van der Waals surface area contributed by atoms with Gasteiger partial charge in [0.25, 0.3) is 0 Å². The standard InChI is InChI=1S/C17H23NO.BrH/c1-2-10-18-11-4-8-17(9-7-15(18)13-17)14-5-3-6-16(19)12-14;/h2-3,5-6,12,15,19H,1,4,7-11,13H2;1H. The van der Waals surface area contributed by atoms with Crippen LogP contribution in [-0.2, 0) is 5.41 Å². The van der Waals surface area contributed by atoms with E-state index in [1.54, 1.807) is 6.07 Å². The molecule has 0 aromatic heterocycles. The van der Waals surface area contributed by atoms with Gasteiger partial charge in [-0.3, -0.25) is 4.90 Å². The molecule has 2 nitrogen and oxygen atoms in total. The van der Waals surface area contributed by atoms with Crippen molar-refractivity contribution >= 4 is 17.0 Å². The van der Waals surface area contributed by atoms with Crippen LogP contribution in [0.5, 0.6) is 5.75 Å². The zero-order chi connectivity index (χ0) is 13.3. The Labute approximate surface area is 132 Å². The number of hydrogen-bond acceptors (Lipinski definition) is 2. The SMILES string of the molecule is Br.C=CCN1CCCC2(c3cccc(O)c3)CCC1C2. The molecule has 2 fully saturated rings. The molecule has 110 valence electrons. The average molecular weight is 338 g/mol. The van der Waals surface area contributed by atoms with E-state index in [-0.39, 0.29) is 17.0 Å². The fourth-order valence-electron chi connectivity index (χ4n) is 4.09. The van der Waals surface area contributed by atoms with Crippen molar-refractivity contribution in [2.75, 3.05) is 13.1 Å². The predicted octanol–water partition coefficient (Wildman–Crippen LogP) is 4.04. The van der Waals surface area contributed by atoms with E-state index in [9.17, 15) is 5.11 Å². The number of hydrogen-bond donors (Lipinski definition) is 1. The minimum Gasteiger partial charge on any atom is -0.508 e. The van der Waals surface area contributed by atoms with Crippen LogP contribution in [0.4, 0.5) is 0 Å². The Hall–Kier alpha value is -0.800. The number of fused-ring (bicyclic) bond motifs is 2. The molecule has 2 unspecified atom stereocenters. The Balaban J connectivity index is 0.00000147. The molecule has 1 aromatic rings. The van der Waals surface area contributed by atoms with Crippen LogP contribution >= 0.6 is 17.0 Å². The number of phenols is 1. The zero-order valence-corrected chi connectivity index (χ0v) is 13.6. The van der Waals surface area contributed by atoms with E-state index in [1.807, 2.05) is 18.2 Å². The molecule has 2 aliphatic rings. The minimum atomic E-state index is 0. The van der Waals surface area contributed by atoms with Crippen LogP contribution in [0.25, 0.3) is 0 Å². The van der Waals surface area contributed by atoms with Crippen LogP contribution < -0.4 is 0 Å². The lowest BCUT2D eigenvalue weighted by atomic mass is 9.75. The van der Waals surface area contributed by atoms with Gasteiger partial charge in [-0.25, -0.2) is 0 Å². The average Bonchev–Trinajstić information content (AvgIpc) is 2.74. The van der Waals surface area contributed by atoms with Crippen molar-refractivity contribution in [2.45, 2.75) is 43.6 Å². The molecule has 0 amide bonds. The highest BCUT2D eigenvalue weighted by Crippen LogP contribution is 2.48. The lowest BCUT2D eigenvalue weighted by molar-refractivity contribution is 0.226. The highest BCUT2D eigenvalue weighted by molar-refractivity contribution is 8.93. The largest absolute Gasteiger partial charge is 0.508 e. The zero-order valence-electron chi connectivity index (χ0n) is 11.9. The Morgan fingerprint density at radius 3 is 3.00 bits per heavy atom. The third-order valence-corrected chi connectivity index (χ3v) is 5.02. The molecule has 2 atom stereocenters. The molecular formula is C17H24BrNO. The van der Waals surface area contributed by atoms with Crippen LogP contribution in [0.3, 0.4) is 0 Å². The van der Waals surface area contributed by atoms with Gasteiger partial charge in [0.15, 0.2) is 0 Å². The van der Waals surface area contributed by atoms with E-state index in [1.165, 1.54) is 44.2 Å². The number of benzene rings is 1. The summed E-state index contributed by atoms with van der Waals surface area (Å²) in [5, 5.41) is 9.75. The summed E-state index contributed by atoms with van der Waals surface area (Å²) in [6.45, 7) is 6.09. The summed E-state index contributed by atoms with van der Waals surface area (Å²) >= 11 is 0. The molecule has 1 aromatic carbocycles. The van der Waals surface area contributed by atoms with Gasteiger partial charge in [-0.2, -0.15) is 0 Å². The van der Waals surface area contributed by atoms with Crippen molar-refractivity contribution in [3.8, 4) is 5.75 Å². The molecule has 1 saturated heterocycles. The van der Waals surface area contributed by atoms with Crippen LogP contribution in [0.1, 0.15) is 37.7 Å². The van der Waals surface area contributed by atoms with Crippen LogP contribution in [0.2, 0.25) is 0 Å². The third-order valence-electron chi connectivity index (χ3n) is 5.02. The summed E-state index contributed by atoms with van der Waals surface area (Å²) in [5.41, 5.74) is 1.65. The van der Waals surface area contributed by atoms with Gasteiger partial charge in [-0.1, -0.05) is 18.2 Å². The summed E-state index contributed by atoms with van der Waals surface area (Å²) in [7, 11) is 0. The van der Waals surface area contributed by atoms with Crippen molar-refractivity contribution in [1.29, 1.82) is 0 Å². The first-order valence-electron chi connectivity index (χ1n) is 7.38. The number of phenolic OH excluding ortho intramolecular Hbond substituents is 1. The molecule has 1 aliphatic heterocycles. The molecule has 1 heterocycles. The van der Waals surface area contributed by atoms with Crippen LogP contribution in [0.15, 0.2) is 36.9 Å². The maximum atomic E-state index is 9.75. The summed E-state index contributed by atoms with van der Waals surface area (Å²) in [5.74, 6) is 0.405. The van der Waals surface area contributed by atoms with Gasteiger partial charge < -0.3 is 5.11 Å². The molecule has 1 saturated carbocycles. The van der Waals surface area contributed by atoms with Crippen molar-refractivity contribution in [2.24, 2.45) is 0 Å². The normalized spacial score (nSPS) is 29.5. The monoisotopic (exact) mass is 337 g/mol. The van der Waals surface area contributed by atoms with E-state index in [0.717, 1.165) is 6.54 Å². The topological polar surface area (TPSA) is 23.5 Å². The second-order valence-corrected chi connectivity index (χ2v) is 6.11. The molecule has 3 heteroatoms. The quantitative estimate of drug-likeness (QED) is 0.841. The second kappa shape index (κ2) is 6.31. The molecule has 0 radical (unpaired) electrons. The van der Waals surface area contributed by atoms with E-state index in [2.05, 4.69) is 17.5 Å². The molecule has 1 aliphatic carbocycles. The minimum absolute atomic E-state index is 0. The maximum absolute atomic E-state index is 9.75. The van der Waals surface area contributed by atoms with Crippen LogP contribution in [-0.4, -0.2) is 29.1 Å². The number of likely N-dealkylation sites (tertiary alicyclic amines) is 1. The smallest absolute Gasteiger partial charge is 0.115 e. The highest BCUT2D eigenvalue weighted by Gasteiger charge is 2.43. The first-order chi connectivity index (χ1) is 9.23. The Morgan fingerprint density at radius 2 is 2.25 bits per heavy atom. The van der Waals surface area contributed by atoms with E-state index in [4.69, 9.17) is 0 Å². The van der Waals surface area contributed by atoms with E-state index in [0.29, 0.717) is 17.2 Å². The third kappa shape index (κ3) is 2.79. The summed E-state index contributed by atoms with van der Waals surface area (Å²) in [6.07, 6.45) is 8.31. The van der Waals surface area contributed by atoms with Gasteiger partial charge in [0.1, 0.15) is 5.75 Å². The molecule has 1 N–H and O–H groups in total. The van der Waals surface area contributed by atoms with Crippen LogP contribution in [0, 0.1) is 0 Å². The number of nitrogens with zero attached hydrogens (tertiary/aromatic N) is 1. The van der Waals surface area contributed by atoms with Gasteiger partial charge in [-0.15, -0.1) is 23.6 Å². The molecular weight excluding hydrogens is 314 g/mol.